The summed E-state index contributed by atoms with van der Waals surface area (Å²) in [5.41, 5.74) is 0.699. The van der Waals surface area contributed by atoms with Gasteiger partial charge >= 0.3 is 5.97 Å². The summed E-state index contributed by atoms with van der Waals surface area (Å²) in [5, 5.41) is 14.5. The molecule has 6 nitrogen and oxygen atoms in total. The van der Waals surface area contributed by atoms with Gasteiger partial charge in [0.15, 0.2) is 0 Å². The molecule has 0 aliphatic heterocycles. The van der Waals surface area contributed by atoms with E-state index in [2.05, 4.69) is 10.6 Å². The number of hydrogen-bond donors (Lipinski definition) is 3. The minimum atomic E-state index is -0.807. The molecule has 1 aliphatic carbocycles. The zero-order valence-corrected chi connectivity index (χ0v) is 15.8. The monoisotopic (exact) mass is 374 g/mol. The van der Waals surface area contributed by atoms with Crippen molar-refractivity contribution in [3.05, 3.63) is 30.3 Å². The van der Waals surface area contributed by atoms with Crippen molar-refractivity contribution in [2.45, 2.75) is 70.3 Å². The van der Waals surface area contributed by atoms with E-state index in [9.17, 15) is 14.4 Å². The summed E-state index contributed by atoms with van der Waals surface area (Å²) in [6.45, 7) is 0. The van der Waals surface area contributed by atoms with Crippen LogP contribution in [0, 0.1) is 5.92 Å². The van der Waals surface area contributed by atoms with Crippen molar-refractivity contribution in [3.8, 4) is 0 Å². The Morgan fingerprint density at radius 1 is 1.00 bits per heavy atom. The molecule has 0 spiro atoms. The van der Waals surface area contributed by atoms with Crippen molar-refractivity contribution >= 4 is 23.5 Å². The van der Waals surface area contributed by atoms with Crippen LogP contribution in [-0.4, -0.2) is 28.9 Å². The lowest BCUT2D eigenvalue weighted by Crippen LogP contribution is -2.46. The van der Waals surface area contributed by atoms with Crippen LogP contribution in [0.4, 0.5) is 5.69 Å². The maximum absolute atomic E-state index is 12.7. The second-order valence-corrected chi connectivity index (χ2v) is 7.24. The van der Waals surface area contributed by atoms with Crippen molar-refractivity contribution in [2.24, 2.45) is 5.92 Å². The number of carbonyl (C=O) groups excluding carboxylic acids is 2. The highest BCUT2D eigenvalue weighted by Crippen LogP contribution is 2.24. The average Bonchev–Trinajstić information content (AvgIpc) is 2.68. The van der Waals surface area contributed by atoms with E-state index in [1.54, 1.807) is 0 Å². The van der Waals surface area contributed by atoms with Crippen molar-refractivity contribution in [3.63, 3.8) is 0 Å². The molecule has 3 N–H and O–H groups in total. The molecule has 148 valence electrons. The van der Waals surface area contributed by atoms with Crippen molar-refractivity contribution in [1.29, 1.82) is 0 Å². The highest BCUT2D eigenvalue weighted by molar-refractivity contribution is 5.97. The smallest absolute Gasteiger partial charge is 0.303 e. The molecule has 1 aromatic rings. The first kappa shape index (κ1) is 20.9. The number of hydrogen-bond acceptors (Lipinski definition) is 3. The summed E-state index contributed by atoms with van der Waals surface area (Å²) in [4.78, 5) is 35.9. The lowest BCUT2D eigenvalue weighted by atomic mass is 9.88. The Hall–Kier alpha value is -2.37. The predicted octanol–water partition coefficient (Wildman–Crippen LogP) is 3.73. The lowest BCUT2D eigenvalue weighted by Gasteiger charge is -2.24. The van der Waals surface area contributed by atoms with Crippen LogP contribution in [0.2, 0.25) is 0 Å². The first-order valence-electron chi connectivity index (χ1n) is 9.94. The Kier molecular flexibility index (Phi) is 8.81. The first-order chi connectivity index (χ1) is 13.1. The van der Waals surface area contributed by atoms with Gasteiger partial charge < -0.3 is 15.7 Å². The number of amides is 2. The molecule has 1 saturated carbocycles. The molecule has 27 heavy (non-hydrogen) atoms. The maximum Gasteiger partial charge on any atom is 0.303 e. The number of benzene rings is 1. The largest absolute Gasteiger partial charge is 0.481 e. The Balaban J connectivity index is 1.90. The molecule has 0 radical (unpaired) electrons. The van der Waals surface area contributed by atoms with Crippen molar-refractivity contribution in [2.75, 3.05) is 5.32 Å². The van der Waals surface area contributed by atoms with E-state index < -0.39 is 12.0 Å². The van der Waals surface area contributed by atoms with Crippen LogP contribution >= 0.6 is 0 Å². The fourth-order valence-corrected chi connectivity index (χ4v) is 3.48. The van der Waals surface area contributed by atoms with Gasteiger partial charge in [0.25, 0.3) is 0 Å². The minimum absolute atomic E-state index is 0.00205. The number of carboxylic acids is 1. The summed E-state index contributed by atoms with van der Waals surface area (Å²) in [6, 6.07) is 8.59. The van der Waals surface area contributed by atoms with E-state index in [4.69, 9.17) is 5.11 Å². The Morgan fingerprint density at radius 2 is 1.70 bits per heavy atom. The standard InChI is InChI=1S/C21H30N2O4/c24-19(25)15-9-3-8-14-18(21(27)22-17-12-6-2-7-13-17)23-20(26)16-10-4-1-5-11-16/h2,6-7,12-13,16,18H,1,3-5,8-11,14-15H2,(H,22,27)(H,23,26)(H,24,25)/t18-/m0/s1. The minimum Gasteiger partial charge on any atom is -0.481 e. The van der Waals surface area contributed by atoms with Crippen LogP contribution < -0.4 is 10.6 Å². The fourth-order valence-electron chi connectivity index (χ4n) is 3.48. The van der Waals surface area contributed by atoms with Crippen LogP contribution in [0.15, 0.2) is 30.3 Å². The summed E-state index contributed by atoms with van der Waals surface area (Å²) in [7, 11) is 0. The molecule has 0 bridgehead atoms. The molecular formula is C21H30N2O4. The molecule has 2 rings (SSSR count). The van der Waals surface area contributed by atoms with Gasteiger partial charge in [0.05, 0.1) is 0 Å². The van der Waals surface area contributed by atoms with Crippen molar-refractivity contribution < 1.29 is 19.5 Å². The summed E-state index contributed by atoms with van der Waals surface area (Å²) >= 11 is 0. The number of para-hydroxylation sites is 1. The fraction of sp³-hybridized carbons (Fsp3) is 0.571. The number of rotatable bonds is 10. The molecule has 0 saturated heterocycles. The molecule has 6 heteroatoms. The van der Waals surface area contributed by atoms with Gasteiger partial charge in [-0.1, -0.05) is 50.3 Å². The number of carboxylic acid groups (broad SMARTS) is 1. The van der Waals surface area contributed by atoms with Crippen LogP contribution in [0.1, 0.15) is 64.2 Å². The van der Waals surface area contributed by atoms with Crippen LogP contribution in [0.25, 0.3) is 0 Å². The summed E-state index contributed by atoms with van der Waals surface area (Å²) in [6.07, 6.45) is 7.72. The average molecular weight is 374 g/mol. The molecule has 1 aromatic carbocycles. The van der Waals surface area contributed by atoms with Gasteiger partial charge in [-0.15, -0.1) is 0 Å². The zero-order valence-electron chi connectivity index (χ0n) is 15.8. The third kappa shape index (κ3) is 7.81. The van der Waals surface area contributed by atoms with E-state index in [1.807, 2.05) is 30.3 Å². The third-order valence-corrected chi connectivity index (χ3v) is 5.03. The van der Waals surface area contributed by atoms with Gasteiger partial charge in [-0.25, -0.2) is 0 Å². The van der Waals surface area contributed by atoms with Crippen LogP contribution in [0.3, 0.4) is 0 Å². The van der Waals surface area contributed by atoms with Gasteiger partial charge in [0.2, 0.25) is 11.8 Å². The maximum atomic E-state index is 12.7. The second-order valence-electron chi connectivity index (χ2n) is 7.24. The number of carbonyl (C=O) groups is 3. The molecule has 2 amide bonds. The highest BCUT2D eigenvalue weighted by Gasteiger charge is 2.26. The molecular weight excluding hydrogens is 344 g/mol. The SMILES string of the molecule is O=C(O)CCCCC[C@H](NC(=O)C1CCCCC1)C(=O)Nc1ccccc1. The van der Waals surface area contributed by atoms with Crippen LogP contribution in [-0.2, 0) is 14.4 Å². The molecule has 1 aliphatic rings. The number of nitrogens with one attached hydrogen (secondary N) is 2. The molecule has 1 fully saturated rings. The first-order valence-corrected chi connectivity index (χ1v) is 9.94. The highest BCUT2D eigenvalue weighted by atomic mass is 16.4. The lowest BCUT2D eigenvalue weighted by molar-refractivity contribution is -0.137. The van der Waals surface area contributed by atoms with Gasteiger partial charge in [-0.05, 0) is 37.8 Å². The van der Waals surface area contributed by atoms with E-state index in [0.29, 0.717) is 24.9 Å². The Morgan fingerprint density at radius 3 is 2.37 bits per heavy atom. The molecule has 1 atom stereocenters. The van der Waals surface area contributed by atoms with Gasteiger partial charge in [0.1, 0.15) is 6.04 Å². The summed E-state index contributed by atoms with van der Waals surface area (Å²) < 4.78 is 0. The third-order valence-electron chi connectivity index (χ3n) is 5.03. The Bertz CT molecular complexity index is 612. The number of unbranched alkanes of at least 4 members (excludes halogenated alkanes) is 2. The van der Waals surface area contributed by atoms with Gasteiger partial charge in [-0.3, -0.25) is 14.4 Å². The Labute approximate surface area is 160 Å². The van der Waals surface area contributed by atoms with E-state index >= 15 is 0 Å². The predicted molar refractivity (Wildman–Crippen MR) is 104 cm³/mol. The molecule has 0 heterocycles. The van der Waals surface area contributed by atoms with Gasteiger partial charge in [-0.2, -0.15) is 0 Å². The van der Waals surface area contributed by atoms with Gasteiger partial charge in [0, 0.05) is 18.0 Å². The second kappa shape index (κ2) is 11.4. The molecule has 0 unspecified atom stereocenters. The summed E-state index contributed by atoms with van der Waals surface area (Å²) in [5.74, 6) is -1.06. The zero-order chi connectivity index (χ0) is 19.5. The number of anilines is 1. The van der Waals surface area contributed by atoms with E-state index in [-0.39, 0.29) is 24.2 Å². The number of aliphatic carboxylic acids is 1. The topological polar surface area (TPSA) is 95.5 Å². The van der Waals surface area contributed by atoms with Crippen molar-refractivity contribution in [1.82, 2.24) is 5.32 Å². The quantitative estimate of drug-likeness (QED) is 0.544. The van der Waals surface area contributed by atoms with E-state index in [0.717, 1.165) is 32.1 Å². The molecule has 0 aromatic heterocycles. The normalized spacial score (nSPS) is 15.7. The van der Waals surface area contributed by atoms with E-state index in [1.165, 1.54) is 6.42 Å². The van der Waals surface area contributed by atoms with Crippen LogP contribution in [0.5, 0.6) is 0 Å².